The predicted molar refractivity (Wildman–Crippen MR) is 80.5 cm³/mol. The van der Waals surface area contributed by atoms with Crippen molar-refractivity contribution in [2.75, 3.05) is 0 Å². The van der Waals surface area contributed by atoms with Crippen molar-refractivity contribution in [3.63, 3.8) is 0 Å². The molecule has 0 aromatic heterocycles. The summed E-state index contributed by atoms with van der Waals surface area (Å²) in [5.74, 6) is -4.49. The smallest absolute Gasteiger partial charge is 0.211 e. The highest BCUT2D eigenvalue weighted by molar-refractivity contribution is 5.83. The molecule has 0 saturated heterocycles. The van der Waals surface area contributed by atoms with E-state index in [-0.39, 0.29) is 18.3 Å². The van der Waals surface area contributed by atoms with E-state index in [0.29, 0.717) is 11.1 Å². The topological polar surface area (TPSA) is 86.0 Å². The molecule has 8 heteroatoms. The van der Waals surface area contributed by atoms with Gasteiger partial charge in [0.25, 0.3) is 0 Å². The number of nitrogens with two attached hydrogens (primary N) is 2. The monoisotopic (exact) mass is 322 g/mol. The van der Waals surface area contributed by atoms with Crippen LogP contribution in [0.5, 0.6) is 5.75 Å². The Labute approximate surface area is 130 Å². The van der Waals surface area contributed by atoms with Crippen molar-refractivity contribution in [1.29, 1.82) is 0 Å². The van der Waals surface area contributed by atoms with E-state index in [2.05, 4.69) is 10.2 Å². The maximum atomic E-state index is 13.1. The molecule has 0 radical (unpaired) electrons. The zero-order valence-corrected chi connectivity index (χ0v) is 11.8. The van der Waals surface area contributed by atoms with Crippen molar-refractivity contribution in [3.05, 3.63) is 65.0 Å². The second kappa shape index (κ2) is 7.30. The molecule has 0 aliphatic carbocycles. The molecule has 120 valence electrons. The molecule has 0 heterocycles. The Kier molecular flexibility index (Phi) is 5.19. The summed E-state index contributed by atoms with van der Waals surface area (Å²) in [6, 6.07) is 8.52. The van der Waals surface area contributed by atoms with E-state index in [4.69, 9.17) is 16.2 Å². The third-order valence-electron chi connectivity index (χ3n) is 2.78. The largest absolute Gasteiger partial charge is 0.489 e. The molecule has 0 spiro atoms. The van der Waals surface area contributed by atoms with Crippen molar-refractivity contribution in [1.82, 2.24) is 0 Å². The molecule has 0 aliphatic rings. The van der Waals surface area contributed by atoms with Crippen LogP contribution in [0.25, 0.3) is 0 Å². The molecule has 0 amide bonds. The van der Waals surface area contributed by atoms with Crippen molar-refractivity contribution in [3.8, 4) is 5.75 Å². The highest BCUT2D eigenvalue weighted by Gasteiger charge is 2.11. The van der Waals surface area contributed by atoms with Crippen LogP contribution in [0.2, 0.25) is 0 Å². The van der Waals surface area contributed by atoms with E-state index in [1.165, 1.54) is 6.21 Å². The van der Waals surface area contributed by atoms with Gasteiger partial charge >= 0.3 is 0 Å². The minimum absolute atomic E-state index is 0.00543. The molecule has 0 aliphatic heterocycles. The molecular weight excluding hydrogens is 309 g/mol. The Hall–Kier alpha value is -3.03. The molecule has 0 atom stereocenters. The first-order valence-electron chi connectivity index (χ1n) is 6.44. The zero-order chi connectivity index (χ0) is 16.8. The summed E-state index contributed by atoms with van der Waals surface area (Å²) in [5, 5.41) is 7.16. The second-order valence-electron chi connectivity index (χ2n) is 4.46. The lowest BCUT2D eigenvalue weighted by Gasteiger charge is -2.09. The number of hydrogen-bond acceptors (Lipinski definition) is 3. The molecule has 0 bridgehead atoms. The minimum atomic E-state index is -1.54. The Bertz CT molecular complexity index is 735. The first kappa shape index (κ1) is 16.3. The highest BCUT2D eigenvalue weighted by Crippen LogP contribution is 2.20. The van der Waals surface area contributed by atoms with E-state index in [9.17, 15) is 13.2 Å². The summed E-state index contributed by atoms with van der Waals surface area (Å²) in [7, 11) is 0. The van der Waals surface area contributed by atoms with Gasteiger partial charge in [-0.05, 0) is 5.56 Å². The van der Waals surface area contributed by atoms with Gasteiger partial charge in [0.2, 0.25) is 5.96 Å². The number of hydrogen-bond donors (Lipinski definition) is 2. The average Bonchev–Trinajstić information content (AvgIpc) is 2.51. The molecule has 0 saturated carbocycles. The first-order chi connectivity index (χ1) is 11.0. The Balaban J connectivity index is 2.15. The van der Waals surface area contributed by atoms with Crippen LogP contribution in [-0.2, 0) is 6.61 Å². The molecule has 0 unspecified atom stereocenters. The van der Waals surface area contributed by atoms with Gasteiger partial charge in [-0.15, -0.1) is 5.10 Å². The van der Waals surface area contributed by atoms with E-state index >= 15 is 0 Å². The van der Waals surface area contributed by atoms with Crippen LogP contribution in [0.4, 0.5) is 13.2 Å². The van der Waals surface area contributed by atoms with Crippen LogP contribution in [0.1, 0.15) is 11.1 Å². The number of ether oxygens (including phenoxy) is 1. The number of guanidine groups is 1. The van der Waals surface area contributed by atoms with Gasteiger partial charge in [0.1, 0.15) is 12.4 Å². The van der Waals surface area contributed by atoms with Crippen LogP contribution < -0.4 is 16.2 Å². The van der Waals surface area contributed by atoms with Crippen molar-refractivity contribution in [2.45, 2.75) is 6.61 Å². The molecule has 4 N–H and O–H groups in total. The van der Waals surface area contributed by atoms with Gasteiger partial charge in [0.15, 0.2) is 17.5 Å². The predicted octanol–water partition coefficient (Wildman–Crippen LogP) is 2.29. The fourth-order valence-corrected chi connectivity index (χ4v) is 1.73. The summed E-state index contributed by atoms with van der Waals surface area (Å²) < 4.78 is 44.4. The van der Waals surface area contributed by atoms with Gasteiger partial charge in [-0.25, -0.2) is 13.2 Å². The van der Waals surface area contributed by atoms with E-state index in [1.807, 2.05) is 0 Å². The summed E-state index contributed by atoms with van der Waals surface area (Å²) >= 11 is 0. The summed E-state index contributed by atoms with van der Waals surface area (Å²) in [5.41, 5.74) is 11.6. The van der Waals surface area contributed by atoms with Crippen LogP contribution in [0.15, 0.2) is 46.6 Å². The molecule has 0 fully saturated rings. The quantitative estimate of drug-likeness (QED) is 0.383. The number of halogens is 3. The molecule has 2 aromatic carbocycles. The van der Waals surface area contributed by atoms with Gasteiger partial charge < -0.3 is 16.2 Å². The Morgan fingerprint density at radius 1 is 1.09 bits per heavy atom. The van der Waals surface area contributed by atoms with Crippen LogP contribution in [0, 0.1) is 17.5 Å². The average molecular weight is 322 g/mol. The first-order valence-corrected chi connectivity index (χ1v) is 6.44. The fourth-order valence-electron chi connectivity index (χ4n) is 1.73. The summed E-state index contributed by atoms with van der Waals surface area (Å²) in [6.45, 7) is -0.00543. The van der Waals surface area contributed by atoms with Crippen LogP contribution >= 0.6 is 0 Å². The zero-order valence-electron chi connectivity index (χ0n) is 11.8. The lowest BCUT2D eigenvalue weighted by Crippen LogP contribution is -2.21. The SMILES string of the molecule is NC(N)=NN=Cc1ccccc1COc1cc(F)c(F)c(F)c1. The van der Waals surface area contributed by atoms with E-state index < -0.39 is 17.5 Å². The molecule has 2 aromatic rings. The van der Waals surface area contributed by atoms with Crippen molar-refractivity contribution >= 4 is 12.2 Å². The van der Waals surface area contributed by atoms with E-state index in [1.54, 1.807) is 24.3 Å². The fraction of sp³-hybridized carbons (Fsp3) is 0.0667. The number of benzene rings is 2. The van der Waals surface area contributed by atoms with Gasteiger partial charge in [-0.3, -0.25) is 0 Å². The maximum Gasteiger partial charge on any atom is 0.211 e. The minimum Gasteiger partial charge on any atom is -0.489 e. The van der Waals surface area contributed by atoms with Crippen molar-refractivity contribution in [2.24, 2.45) is 21.7 Å². The number of nitrogens with zero attached hydrogens (tertiary/aromatic N) is 2. The third-order valence-corrected chi connectivity index (χ3v) is 2.78. The normalized spacial score (nSPS) is 10.7. The van der Waals surface area contributed by atoms with E-state index in [0.717, 1.165) is 12.1 Å². The number of rotatable bonds is 5. The van der Waals surface area contributed by atoms with Gasteiger partial charge in [-0.2, -0.15) is 5.10 Å². The summed E-state index contributed by atoms with van der Waals surface area (Å²) in [4.78, 5) is 0. The van der Waals surface area contributed by atoms with Gasteiger partial charge in [-0.1, -0.05) is 24.3 Å². The third kappa shape index (κ3) is 4.47. The van der Waals surface area contributed by atoms with Crippen molar-refractivity contribution < 1.29 is 17.9 Å². The van der Waals surface area contributed by atoms with Gasteiger partial charge in [0, 0.05) is 17.7 Å². The Morgan fingerprint density at radius 2 is 1.74 bits per heavy atom. The lowest BCUT2D eigenvalue weighted by atomic mass is 10.1. The lowest BCUT2D eigenvalue weighted by molar-refractivity contribution is 0.299. The second-order valence-corrected chi connectivity index (χ2v) is 4.46. The maximum absolute atomic E-state index is 13.1. The molecule has 2 rings (SSSR count). The van der Waals surface area contributed by atoms with Gasteiger partial charge in [0.05, 0.1) is 6.21 Å². The van der Waals surface area contributed by atoms with Crippen LogP contribution in [0.3, 0.4) is 0 Å². The molecule has 23 heavy (non-hydrogen) atoms. The molecule has 5 nitrogen and oxygen atoms in total. The molecular formula is C15H13F3N4O. The highest BCUT2D eigenvalue weighted by atomic mass is 19.2. The Morgan fingerprint density at radius 3 is 2.39 bits per heavy atom. The van der Waals surface area contributed by atoms with Crippen LogP contribution in [-0.4, -0.2) is 12.2 Å². The standard InChI is InChI=1S/C15H13F3N4O/c16-12-5-11(6-13(17)14(12)18)23-8-10-4-2-1-3-9(10)7-21-22-15(19)20/h1-7H,8H2,(H4,19,20,22). The summed E-state index contributed by atoms with van der Waals surface area (Å²) in [6.07, 6.45) is 1.41.